The summed E-state index contributed by atoms with van der Waals surface area (Å²) in [5.74, 6) is 2.19. The SMILES string of the molecule is CC(C)(C)OC(=O)N1CC2C(C1)C2NC1CN2CCC1CC2. The number of nitrogens with one attached hydrogen (secondary N) is 1. The van der Waals surface area contributed by atoms with E-state index in [9.17, 15) is 4.79 Å². The Hall–Kier alpha value is -0.810. The molecule has 1 saturated carbocycles. The van der Waals surface area contributed by atoms with Gasteiger partial charge in [0.2, 0.25) is 0 Å². The van der Waals surface area contributed by atoms with E-state index in [1.165, 1.54) is 32.5 Å². The fourth-order valence-corrected chi connectivity index (χ4v) is 4.65. The number of ether oxygens (including phenoxy) is 1. The molecule has 1 amide bonds. The van der Waals surface area contributed by atoms with Gasteiger partial charge in [-0.15, -0.1) is 0 Å². The molecule has 5 nitrogen and oxygen atoms in total. The van der Waals surface area contributed by atoms with Gasteiger partial charge in [0.15, 0.2) is 0 Å². The van der Waals surface area contributed by atoms with E-state index < -0.39 is 5.60 Å². The van der Waals surface area contributed by atoms with Crippen LogP contribution in [-0.4, -0.2) is 66.3 Å². The van der Waals surface area contributed by atoms with E-state index in [4.69, 9.17) is 4.74 Å². The van der Waals surface area contributed by atoms with Crippen LogP contribution in [0.5, 0.6) is 0 Å². The maximum atomic E-state index is 12.1. The summed E-state index contributed by atoms with van der Waals surface area (Å²) in [5, 5.41) is 3.91. The van der Waals surface area contributed by atoms with Gasteiger partial charge in [0.25, 0.3) is 0 Å². The molecule has 1 N–H and O–H groups in total. The van der Waals surface area contributed by atoms with Crippen molar-refractivity contribution in [2.75, 3.05) is 32.7 Å². The quantitative estimate of drug-likeness (QED) is 0.840. The Morgan fingerprint density at radius 2 is 1.73 bits per heavy atom. The molecule has 3 atom stereocenters. The van der Waals surface area contributed by atoms with Crippen molar-refractivity contribution in [2.24, 2.45) is 17.8 Å². The molecular formula is C17H29N3O2. The molecular weight excluding hydrogens is 278 g/mol. The van der Waals surface area contributed by atoms with Gasteiger partial charge in [-0.3, -0.25) is 0 Å². The molecule has 0 radical (unpaired) electrons. The number of hydrogen-bond donors (Lipinski definition) is 1. The van der Waals surface area contributed by atoms with Crippen molar-refractivity contribution in [1.29, 1.82) is 0 Å². The fraction of sp³-hybridized carbons (Fsp3) is 0.941. The summed E-state index contributed by atoms with van der Waals surface area (Å²) < 4.78 is 5.48. The monoisotopic (exact) mass is 307 g/mol. The lowest BCUT2D eigenvalue weighted by Gasteiger charge is -2.45. The van der Waals surface area contributed by atoms with Gasteiger partial charge in [-0.25, -0.2) is 4.79 Å². The van der Waals surface area contributed by atoms with E-state index in [0.29, 0.717) is 23.9 Å². The number of amides is 1. The van der Waals surface area contributed by atoms with Crippen molar-refractivity contribution in [3.8, 4) is 0 Å². The van der Waals surface area contributed by atoms with Crippen molar-refractivity contribution in [3.05, 3.63) is 0 Å². The summed E-state index contributed by atoms with van der Waals surface area (Å²) >= 11 is 0. The molecule has 1 aliphatic carbocycles. The zero-order valence-electron chi connectivity index (χ0n) is 14.0. The van der Waals surface area contributed by atoms with Crippen LogP contribution in [0.4, 0.5) is 4.79 Å². The van der Waals surface area contributed by atoms with E-state index in [2.05, 4.69) is 10.2 Å². The second-order valence-electron chi connectivity index (χ2n) is 8.65. The van der Waals surface area contributed by atoms with Gasteiger partial charge in [0, 0.05) is 31.7 Å². The summed E-state index contributed by atoms with van der Waals surface area (Å²) in [7, 11) is 0. The minimum atomic E-state index is -0.392. The van der Waals surface area contributed by atoms with Crippen LogP contribution in [0, 0.1) is 17.8 Å². The number of nitrogens with zero attached hydrogens (tertiary/aromatic N) is 2. The molecule has 4 aliphatic heterocycles. The second kappa shape index (κ2) is 5.10. The van der Waals surface area contributed by atoms with Crippen LogP contribution in [0.2, 0.25) is 0 Å². The van der Waals surface area contributed by atoms with Crippen molar-refractivity contribution >= 4 is 6.09 Å². The molecule has 0 aromatic rings. The summed E-state index contributed by atoms with van der Waals surface area (Å²) in [4.78, 5) is 16.6. The molecule has 5 aliphatic rings. The number of piperidine rings is 4. The van der Waals surface area contributed by atoms with E-state index in [-0.39, 0.29) is 6.09 Å². The average molecular weight is 307 g/mol. The van der Waals surface area contributed by atoms with Gasteiger partial charge >= 0.3 is 6.09 Å². The highest BCUT2D eigenvalue weighted by Crippen LogP contribution is 2.46. The van der Waals surface area contributed by atoms with Crippen LogP contribution in [0.1, 0.15) is 33.6 Å². The van der Waals surface area contributed by atoms with Gasteiger partial charge in [0.1, 0.15) is 5.60 Å². The Morgan fingerprint density at radius 3 is 2.23 bits per heavy atom. The first-order valence-corrected chi connectivity index (χ1v) is 8.87. The highest BCUT2D eigenvalue weighted by atomic mass is 16.6. The summed E-state index contributed by atoms with van der Waals surface area (Å²) in [6, 6.07) is 1.33. The Balaban J connectivity index is 1.26. The molecule has 0 spiro atoms. The standard InChI is InChI=1S/C17H29N3O2/c1-17(2,3)22-16(21)20-8-12-13(9-20)15(12)18-14-10-19-6-4-11(14)5-7-19/h11-15,18H,4-10H2,1-3H3. The molecule has 5 rings (SSSR count). The van der Waals surface area contributed by atoms with Crippen LogP contribution >= 0.6 is 0 Å². The minimum absolute atomic E-state index is 0.138. The molecule has 2 bridgehead atoms. The molecule has 4 heterocycles. The maximum absolute atomic E-state index is 12.1. The predicted octanol–water partition coefficient (Wildman–Crippen LogP) is 1.54. The summed E-state index contributed by atoms with van der Waals surface area (Å²) in [6.07, 6.45) is 2.59. The largest absolute Gasteiger partial charge is 0.444 e. The topological polar surface area (TPSA) is 44.8 Å². The normalized spacial score (nSPS) is 43.1. The first kappa shape index (κ1) is 14.8. The number of likely N-dealkylation sites (tertiary alicyclic amines) is 1. The maximum Gasteiger partial charge on any atom is 0.410 e. The first-order chi connectivity index (χ1) is 10.4. The molecule has 5 heteroatoms. The Labute approximate surface area is 133 Å². The molecule has 3 unspecified atom stereocenters. The Kier molecular flexibility index (Phi) is 3.42. The van der Waals surface area contributed by atoms with Gasteiger partial charge in [-0.2, -0.15) is 0 Å². The zero-order chi connectivity index (χ0) is 15.5. The van der Waals surface area contributed by atoms with Crippen molar-refractivity contribution in [2.45, 2.75) is 51.3 Å². The van der Waals surface area contributed by atoms with Gasteiger partial charge in [-0.05, 0) is 64.5 Å². The smallest absolute Gasteiger partial charge is 0.410 e. The summed E-state index contributed by atoms with van der Waals surface area (Å²) in [6.45, 7) is 11.4. The summed E-state index contributed by atoms with van der Waals surface area (Å²) in [5.41, 5.74) is -0.392. The van der Waals surface area contributed by atoms with Gasteiger partial charge in [0.05, 0.1) is 0 Å². The number of carbonyl (C=O) groups excluding carboxylic acids is 1. The number of fused-ring (bicyclic) bond motifs is 4. The molecule has 124 valence electrons. The second-order valence-corrected chi connectivity index (χ2v) is 8.65. The third kappa shape index (κ3) is 2.73. The predicted molar refractivity (Wildman–Crippen MR) is 84.7 cm³/mol. The van der Waals surface area contributed by atoms with Gasteiger partial charge in [-0.1, -0.05) is 0 Å². The number of hydrogen-bond acceptors (Lipinski definition) is 4. The van der Waals surface area contributed by atoms with Crippen molar-refractivity contribution in [1.82, 2.24) is 15.1 Å². The van der Waals surface area contributed by atoms with Crippen LogP contribution in [0.15, 0.2) is 0 Å². The third-order valence-electron chi connectivity index (χ3n) is 5.91. The average Bonchev–Trinajstić information content (AvgIpc) is 2.91. The lowest BCUT2D eigenvalue weighted by molar-refractivity contribution is 0.0261. The van der Waals surface area contributed by atoms with E-state index in [1.54, 1.807) is 0 Å². The Bertz CT molecular complexity index is 441. The zero-order valence-corrected chi connectivity index (χ0v) is 14.0. The molecule has 0 aromatic heterocycles. The third-order valence-corrected chi connectivity index (χ3v) is 5.91. The van der Waals surface area contributed by atoms with Crippen molar-refractivity contribution < 1.29 is 9.53 Å². The van der Waals surface area contributed by atoms with E-state index in [1.807, 2.05) is 25.7 Å². The number of carbonyl (C=O) groups is 1. The van der Waals surface area contributed by atoms with E-state index in [0.717, 1.165) is 19.0 Å². The van der Waals surface area contributed by atoms with Crippen LogP contribution in [0.25, 0.3) is 0 Å². The van der Waals surface area contributed by atoms with Gasteiger partial charge < -0.3 is 19.9 Å². The lowest BCUT2D eigenvalue weighted by Crippen LogP contribution is -2.57. The van der Waals surface area contributed by atoms with Crippen LogP contribution in [-0.2, 0) is 4.74 Å². The molecule has 22 heavy (non-hydrogen) atoms. The van der Waals surface area contributed by atoms with Crippen LogP contribution < -0.4 is 5.32 Å². The van der Waals surface area contributed by atoms with Crippen molar-refractivity contribution in [3.63, 3.8) is 0 Å². The number of rotatable bonds is 2. The minimum Gasteiger partial charge on any atom is -0.444 e. The first-order valence-electron chi connectivity index (χ1n) is 8.87. The molecule has 4 saturated heterocycles. The lowest BCUT2D eigenvalue weighted by atomic mass is 9.84. The molecule has 5 fully saturated rings. The fourth-order valence-electron chi connectivity index (χ4n) is 4.65. The van der Waals surface area contributed by atoms with E-state index >= 15 is 0 Å². The highest BCUT2D eigenvalue weighted by Gasteiger charge is 2.58. The van der Waals surface area contributed by atoms with Crippen LogP contribution in [0.3, 0.4) is 0 Å². The Morgan fingerprint density at radius 1 is 1.09 bits per heavy atom. The molecule has 0 aromatic carbocycles. The highest BCUT2D eigenvalue weighted by molar-refractivity contribution is 5.69.